The van der Waals surface area contributed by atoms with Gasteiger partial charge in [-0.25, -0.2) is 8.42 Å². The van der Waals surface area contributed by atoms with E-state index in [0.29, 0.717) is 4.90 Å². The Labute approximate surface area is 91.6 Å². The Kier molecular flexibility index (Phi) is 3.69. The van der Waals surface area contributed by atoms with E-state index in [9.17, 15) is 8.42 Å². The van der Waals surface area contributed by atoms with Crippen LogP contribution in [0.4, 0.5) is 0 Å². The van der Waals surface area contributed by atoms with E-state index in [-0.39, 0.29) is 11.7 Å². The molecule has 15 heavy (non-hydrogen) atoms. The quantitative estimate of drug-likeness (QED) is 0.737. The normalized spacial score (nSPS) is 13.5. The van der Waals surface area contributed by atoms with E-state index in [2.05, 4.69) is 6.58 Å². The molecule has 0 aromatic heterocycles. The summed E-state index contributed by atoms with van der Waals surface area (Å²) in [6.45, 7) is 7.32. The van der Waals surface area contributed by atoms with Gasteiger partial charge >= 0.3 is 0 Å². The van der Waals surface area contributed by atoms with Gasteiger partial charge in [-0.05, 0) is 30.5 Å². The molecule has 0 amide bonds. The summed E-state index contributed by atoms with van der Waals surface area (Å²) in [5.41, 5.74) is 0.960. The highest BCUT2D eigenvalue weighted by molar-refractivity contribution is 7.91. The topological polar surface area (TPSA) is 34.1 Å². The summed E-state index contributed by atoms with van der Waals surface area (Å²) in [5.74, 6) is 0.107. The molecular formula is C12H16O2S. The number of hydrogen-bond donors (Lipinski definition) is 0. The van der Waals surface area contributed by atoms with Gasteiger partial charge < -0.3 is 0 Å². The standard InChI is InChI=1S/C12H16O2S/c1-4-10(2)9-15(13,14)12-7-5-6-11(3)8-12/h4-8,10H,1,9H2,2-3H3. The molecule has 0 aliphatic rings. The zero-order valence-electron chi connectivity index (χ0n) is 9.10. The number of aryl methyl sites for hydroxylation is 1. The van der Waals surface area contributed by atoms with Crippen molar-refractivity contribution in [3.8, 4) is 0 Å². The van der Waals surface area contributed by atoms with Gasteiger partial charge in [-0.15, -0.1) is 6.58 Å². The Balaban J connectivity index is 3.01. The Morgan fingerprint density at radius 1 is 1.47 bits per heavy atom. The molecule has 0 heterocycles. The van der Waals surface area contributed by atoms with Crippen LogP contribution in [-0.4, -0.2) is 14.2 Å². The van der Waals surface area contributed by atoms with E-state index in [4.69, 9.17) is 0 Å². The zero-order valence-corrected chi connectivity index (χ0v) is 9.92. The van der Waals surface area contributed by atoms with Crippen LogP contribution < -0.4 is 0 Å². The Morgan fingerprint density at radius 3 is 2.67 bits per heavy atom. The Hall–Kier alpha value is -1.09. The fourth-order valence-corrected chi connectivity index (χ4v) is 2.99. The molecule has 0 aliphatic heterocycles. The minimum absolute atomic E-state index is 0.0180. The molecule has 2 nitrogen and oxygen atoms in total. The number of sulfone groups is 1. The fourth-order valence-electron chi connectivity index (χ4n) is 1.32. The van der Waals surface area contributed by atoms with E-state index in [0.717, 1.165) is 5.56 Å². The molecule has 1 unspecified atom stereocenters. The molecule has 1 atom stereocenters. The maximum absolute atomic E-state index is 11.9. The molecule has 3 heteroatoms. The highest BCUT2D eigenvalue weighted by atomic mass is 32.2. The maximum Gasteiger partial charge on any atom is 0.178 e. The van der Waals surface area contributed by atoms with Gasteiger partial charge in [-0.2, -0.15) is 0 Å². The third-order valence-corrected chi connectivity index (χ3v) is 4.17. The second-order valence-electron chi connectivity index (χ2n) is 3.81. The van der Waals surface area contributed by atoms with Crippen LogP contribution in [-0.2, 0) is 9.84 Å². The van der Waals surface area contributed by atoms with Crippen LogP contribution in [0.1, 0.15) is 12.5 Å². The molecule has 1 aromatic carbocycles. The maximum atomic E-state index is 11.9. The monoisotopic (exact) mass is 224 g/mol. The lowest BCUT2D eigenvalue weighted by Gasteiger charge is -2.08. The summed E-state index contributed by atoms with van der Waals surface area (Å²) in [5, 5.41) is 0. The van der Waals surface area contributed by atoms with Crippen molar-refractivity contribution >= 4 is 9.84 Å². The van der Waals surface area contributed by atoms with Crippen molar-refractivity contribution in [1.82, 2.24) is 0 Å². The van der Waals surface area contributed by atoms with Crippen molar-refractivity contribution in [1.29, 1.82) is 0 Å². The molecule has 0 radical (unpaired) electrons. The molecule has 0 spiro atoms. The van der Waals surface area contributed by atoms with Crippen LogP contribution in [0.5, 0.6) is 0 Å². The Bertz CT molecular complexity index is 446. The number of allylic oxidation sites excluding steroid dienone is 1. The molecule has 0 saturated heterocycles. The van der Waals surface area contributed by atoms with Crippen LogP contribution in [0.25, 0.3) is 0 Å². The van der Waals surface area contributed by atoms with Gasteiger partial charge in [0.15, 0.2) is 9.84 Å². The molecule has 0 fully saturated rings. The van der Waals surface area contributed by atoms with Gasteiger partial charge in [0, 0.05) is 0 Å². The van der Waals surface area contributed by atoms with Gasteiger partial charge in [-0.3, -0.25) is 0 Å². The number of benzene rings is 1. The van der Waals surface area contributed by atoms with Crippen LogP contribution in [0.3, 0.4) is 0 Å². The Morgan fingerprint density at radius 2 is 2.13 bits per heavy atom. The van der Waals surface area contributed by atoms with Crippen molar-refractivity contribution in [3.05, 3.63) is 42.5 Å². The molecule has 0 saturated carbocycles. The highest BCUT2D eigenvalue weighted by Crippen LogP contribution is 2.15. The lowest BCUT2D eigenvalue weighted by atomic mass is 10.2. The predicted molar refractivity (Wildman–Crippen MR) is 62.6 cm³/mol. The van der Waals surface area contributed by atoms with Gasteiger partial charge in [0.2, 0.25) is 0 Å². The van der Waals surface area contributed by atoms with E-state index in [1.165, 1.54) is 0 Å². The first-order valence-corrected chi connectivity index (χ1v) is 6.53. The molecule has 1 aromatic rings. The first kappa shape index (κ1) is 12.0. The van der Waals surface area contributed by atoms with E-state index in [1.54, 1.807) is 24.3 Å². The number of rotatable bonds is 4. The first-order chi connectivity index (χ1) is 6.95. The van der Waals surface area contributed by atoms with Crippen LogP contribution >= 0.6 is 0 Å². The summed E-state index contributed by atoms with van der Waals surface area (Å²) in [4.78, 5) is 0.399. The third-order valence-electron chi connectivity index (χ3n) is 2.23. The smallest absolute Gasteiger partial charge is 0.178 e. The van der Waals surface area contributed by atoms with Crippen molar-refractivity contribution in [3.63, 3.8) is 0 Å². The summed E-state index contributed by atoms with van der Waals surface area (Å²) in [7, 11) is -3.17. The lowest BCUT2D eigenvalue weighted by molar-refractivity contribution is 0.588. The molecule has 0 bridgehead atoms. The predicted octanol–water partition coefficient (Wildman–Crippen LogP) is 2.59. The third kappa shape index (κ3) is 3.20. The lowest BCUT2D eigenvalue weighted by Crippen LogP contribution is -2.12. The molecule has 0 aliphatic carbocycles. The largest absolute Gasteiger partial charge is 0.224 e. The van der Waals surface area contributed by atoms with Crippen molar-refractivity contribution in [2.75, 3.05) is 5.75 Å². The minimum Gasteiger partial charge on any atom is -0.224 e. The number of hydrogen-bond acceptors (Lipinski definition) is 2. The van der Waals surface area contributed by atoms with Gasteiger partial charge in [0.05, 0.1) is 10.6 Å². The minimum atomic E-state index is -3.17. The molecule has 82 valence electrons. The summed E-state index contributed by atoms with van der Waals surface area (Å²) < 4.78 is 23.8. The fraction of sp³-hybridized carbons (Fsp3) is 0.333. The van der Waals surface area contributed by atoms with E-state index < -0.39 is 9.84 Å². The van der Waals surface area contributed by atoms with Crippen molar-refractivity contribution in [2.24, 2.45) is 5.92 Å². The van der Waals surface area contributed by atoms with Crippen molar-refractivity contribution in [2.45, 2.75) is 18.7 Å². The molecular weight excluding hydrogens is 208 g/mol. The average molecular weight is 224 g/mol. The average Bonchev–Trinajstić information content (AvgIpc) is 2.17. The second kappa shape index (κ2) is 4.62. The van der Waals surface area contributed by atoms with Gasteiger partial charge in [-0.1, -0.05) is 25.1 Å². The zero-order chi connectivity index (χ0) is 11.5. The van der Waals surface area contributed by atoms with Gasteiger partial charge in [0.1, 0.15) is 0 Å². The van der Waals surface area contributed by atoms with E-state index >= 15 is 0 Å². The molecule has 1 rings (SSSR count). The van der Waals surface area contributed by atoms with Crippen LogP contribution in [0.15, 0.2) is 41.8 Å². The van der Waals surface area contributed by atoms with Gasteiger partial charge in [0.25, 0.3) is 0 Å². The summed E-state index contributed by atoms with van der Waals surface area (Å²) >= 11 is 0. The first-order valence-electron chi connectivity index (χ1n) is 4.87. The SMILES string of the molecule is C=CC(C)CS(=O)(=O)c1cccc(C)c1. The van der Waals surface area contributed by atoms with Crippen LogP contribution in [0.2, 0.25) is 0 Å². The molecule has 0 N–H and O–H groups in total. The van der Waals surface area contributed by atoms with Crippen molar-refractivity contribution < 1.29 is 8.42 Å². The highest BCUT2D eigenvalue weighted by Gasteiger charge is 2.16. The summed E-state index contributed by atoms with van der Waals surface area (Å²) in [6.07, 6.45) is 1.66. The summed E-state index contributed by atoms with van der Waals surface area (Å²) in [6, 6.07) is 6.99. The van der Waals surface area contributed by atoms with Crippen LogP contribution in [0, 0.1) is 12.8 Å². The second-order valence-corrected chi connectivity index (χ2v) is 5.85. The van der Waals surface area contributed by atoms with E-state index in [1.807, 2.05) is 19.9 Å².